The van der Waals surface area contributed by atoms with Gasteiger partial charge in [-0.25, -0.2) is 9.59 Å². The summed E-state index contributed by atoms with van der Waals surface area (Å²) in [6.07, 6.45) is 4.50. The van der Waals surface area contributed by atoms with Crippen LogP contribution in [0.4, 0.5) is 4.79 Å². The summed E-state index contributed by atoms with van der Waals surface area (Å²) < 4.78 is 15.1. The summed E-state index contributed by atoms with van der Waals surface area (Å²) >= 11 is 0. The molecule has 0 spiro atoms. The molecule has 0 aliphatic carbocycles. The Bertz CT molecular complexity index is 697. The molecule has 0 saturated heterocycles. The van der Waals surface area contributed by atoms with Crippen molar-refractivity contribution in [3.05, 3.63) is 29.8 Å². The second kappa shape index (κ2) is 10.2. The molecule has 0 aromatic heterocycles. The SMILES string of the molecule is C#CCOc1ccc(C(=O)CC[C@H](NC(=O)OC(C)(C)C)C(=O)OC)cc1. The van der Waals surface area contributed by atoms with Gasteiger partial charge in [0.1, 0.15) is 24.0 Å². The Morgan fingerprint density at radius 3 is 2.33 bits per heavy atom. The molecule has 1 rings (SSSR count). The van der Waals surface area contributed by atoms with Crippen molar-refractivity contribution in [3.8, 4) is 18.1 Å². The lowest BCUT2D eigenvalue weighted by atomic mass is 10.0. The largest absolute Gasteiger partial charge is 0.481 e. The van der Waals surface area contributed by atoms with Crippen molar-refractivity contribution < 1.29 is 28.6 Å². The minimum absolute atomic E-state index is 0.0418. The van der Waals surface area contributed by atoms with E-state index in [2.05, 4.69) is 16.0 Å². The number of ether oxygens (including phenoxy) is 3. The first-order valence-electron chi connectivity index (χ1n) is 8.43. The summed E-state index contributed by atoms with van der Waals surface area (Å²) in [5.74, 6) is 2.08. The van der Waals surface area contributed by atoms with Gasteiger partial charge in [-0.2, -0.15) is 0 Å². The molecular formula is C20H25NO6. The van der Waals surface area contributed by atoms with Gasteiger partial charge in [-0.1, -0.05) is 5.92 Å². The van der Waals surface area contributed by atoms with Gasteiger partial charge in [-0.3, -0.25) is 4.79 Å². The third kappa shape index (κ3) is 8.27. The van der Waals surface area contributed by atoms with Gasteiger partial charge in [0.25, 0.3) is 0 Å². The summed E-state index contributed by atoms with van der Waals surface area (Å²) in [5.41, 5.74) is -0.243. The standard InChI is InChI=1S/C20H25NO6/c1-6-13-26-15-9-7-14(8-10-15)17(22)12-11-16(18(23)25-5)21-19(24)27-20(2,3)4/h1,7-10,16H,11-13H2,2-5H3,(H,21,24)/t16-/m0/s1. The topological polar surface area (TPSA) is 90.9 Å². The highest BCUT2D eigenvalue weighted by Gasteiger charge is 2.25. The molecule has 1 atom stereocenters. The Kier molecular flexibility index (Phi) is 8.34. The van der Waals surface area contributed by atoms with Gasteiger partial charge in [0, 0.05) is 12.0 Å². The lowest BCUT2D eigenvalue weighted by Gasteiger charge is -2.22. The van der Waals surface area contributed by atoms with E-state index < -0.39 is 23.7 Å². The van der Waals surface area contributed by atoms with Gasteiger partial charge >= 0.3 is 12.1 Å². The van der Waals surface area contributed by atoms with E-state index in [-0.39, 0.29) is 25.2 Å². The molecular weight excluding hydrogens is 350 g/mol. The smallest absolute Gasteiger partial charge is 0.408 e. The summed E-state index contributed by atoms with van der Waals surface area (Å²) in [6, 6.07) is 5.53. The molecule has 0 aliphatic heterocycles. The molecule has 146 valence electrons. The maximum Gasteiger partial charge on any atom is 0.408 e. The molecule has 1 aromatic carbocycles. The number of carbonyl (C=O) groups excluding carboxylic acids is 3. The fraction of sp³-hybridized carbons (Fsp3) is 0.450. The van der Waals surface area contributed by atoms with Crippen LogP contribution in [0.3, 0.4) is 0 Å². The molecule has 0 heterocycles. The second-order valence-corrected chi connectivity index (χ2v) is 6.70. The third-order valence-corrected chi connectivity index (χ3v) is 3.34. The number of carbonyl (C=O) groups is 3. The van der Waals surface area contributed by atoms with Gasteiger partial charge in [-0.15, -0.1) is 6.42 Å². The Balaban J connectivity index is 2.66. The quantitative estimate of drug-likeness (QED) is 0.427. The predicted octanol–water partition coefficient (Wildman–Crippen LogP) is 2.73. The maximum atomic E-state index is 12.3. The summed E-state index contributed by atoms with van der Waals surface area (Å²) in [4.78, 5) is 36.1. The van der Waals surface area contributed by atoms with Crippen molar-refractivity contribution in [2.24, 2.45) is 0 Å². The number of amides is 1. The highest BCUT2D eigenvalue weighted by molar-refractivity contribution is 5.96. The minimum Gasteiger partial charge on any atom is -0.481 e. The van der Waals surface area contributed by atoms with E-state index in [9.17, 15) is 14.4 Å². The first kappa shape index (κ1) is 22.0. The fourth-order valence-electron chi connectivity index (χ4n) is 2.12. The molecule has 1 amide bonds. The van der Waals surface area contributed by atoms with Crippen LogP contribution in [-0.4, -0.2) is 43.2 Å². The number of hydrogen-bond donors (Lipinski definition) is 1. The van der Waals surface area contributed by atoms with E-state index >= 15 is 0 Å². The van der Waals surface area contributed by atoms with Gasteiger partial charge in [0.05, 0.1) is 7.11 Å². The lowest BCUT2D eigenvalue weighted by Crippen LogP contribution is -2.44. The Morgan fingerprint density at radius 2 is 1.81 bits per heavy atom. The third-order valence-electron chi connectivity index (χ3n) is 3.34. The number of nitrogens with one attached hydrogen (secondary N) is 1. The van der Waals surface area contributed by atoms with Gasteiger partial charge in [0.15, 0.2) is 5.78 Å². The van der Waals surface area contributed by atoms with E-state index in [1.807, 2.05) is 0 Å². The Labute approximate surface area is 159 Å². The number of Topliss-reactive ketones (excluding diaryl/α,β-unsaturated/α-hetero) is 1. The van der Waals surface area contributed by atoms with Crippen molar-refractivity contribution in [2.45, 2.75) is 45.3 Å². The number of terminal acetylenes is 1. The number of ketones is 1. The lowest BCUT2D eigenvalue weighted by molar-refractivity contribution is -0.143. The van der Waals surface area contributed by atoms with Crippen LogP contribution < -0.4 is 10.1 Å². The first-order valence-corrected chi connectivity index (χ1v) is 8.43. The van der Waals surface area contributed by atoms with Crippen LogP contribution in [0.1, 0.15) is 44.0 Å². The van der Waals surface area contributed by atoms with E-state index in [0.29, 0.717) is 11.3 Å². The molecule has 7 heteroatoms. The normalized spacial score (nSPS) is 11.7. The van der Waals surface area contributed by atoms with E-state index in [1.165, 1.54) is 7.11 Å². The van der Waals surface area contributed by atoms with Crippen LogP contribution >= 0.6 is 0 Å². The number of benzene rings is 1. The summed E-state index contributed by atoms with van der Waals surface area (Å²) in [6.45, 7) is 5.27. The van der Waals surface area contributed by atoms with Crippen molar-refractivity contribution in [3.63, 3.8) is 0 Å². The number of esters is 1. The number of hydrogen-bond acceptors (Lipinski definition) is 6. The summed E-state index contributed by atoms with van der Waals surface area (Å²) in [5, 5.41) is 2.44. The zero-order valence-electron chi connectivity index (χ0n) is 16.0. The molecule has 0 bridgehead atoms. The van der Waals surface area contributed by atoms with Crippen LogP contribution in [0.25, 0.3) is 0 Å². The number of alkyl carbamates (subject to hydrolysis) is 1. The highest BCUT2D eigenvalue weighted by Crippen LogP contribution is 2.15. The monoisotopic (exact) mass is 375 g/mol. The zero-order chi connectivity index (χ0) is 20.4. The van der Waals surface area contributed by atoms with Gasteiger partial charge in [-0.05, 0) is 51.5 Å². The molecule has 7 nitrogen and oxygen atoms in total. The Hall–Kier alpha value is -3.01. The van der Waals surface area contributed by atoms with Crippen molar-refractivity contribution >= 4 is 17.8 Å². The molecule has 0 aliphatic rings. The van der Waals surface area contributed by atoms with Crippen molar-refractivity contribution in [2.75, 3.05) is 13.7 Å². The molecule has 0 saturated carbocycles. The zero-order valence-corrected chi connectivity index (χ0v) is 16.0. The first-order chi connectivity index (χ1) is 12.7. The Morgan fingerprint density at radius 1 is 1.19 bits per heavy atom. The van der Waals surface area contributed by atoms with Gasteiger partial charge < -0.3 is 19.5 Å². The molecule has 0 unspecified atom stereocenters. The fourth-order valence-corrected chi connectivity index (χ4v) is 2.12. The van der Waals surface area contributed by atoms with E-state index in [4.69, 9.17) is 15.9 Å². The minimum atomic E-state index is -0.980. The average molecular weight is 375 g/mol. The molecule has 1 N–H and O–H groups in total. The van der Waals surface area contributed by atoms with Crippen LogP contribution in [0.5, 0.6) is 5.75 Å². The molecule has 1 aromatic rings. The van der Waals surface area contributed by atoms with Crippen molar-refractivity contribution in [1.29, 1.82) is 0 Å². The van der Waals surface area contributed by atoms with E-state index in [0.717, 1.165) is 0 Å². The van der Waals surface area contributed by atoms with Gasteiger partial charge in [0.2, 0.25) is 0 Å². The van der Waals surface area contributed by atoms with E-state index in [1.54, 1.807) is 45.0 Å². The van der Waals surface area contributed by atoms with Crippen LogP contribution in [0.15, 0.2) is 24.3 Å². The van der Waals surface area contributed by atoms with Crippen LogP contribution in [0.2, 0.25) is 0 Å². The number of methoxy groups -OCH3 is 1. The summed E-state index contributed by atoms with van der Waals surface area (Å²) in [7, 11) is 1.21. The predicted molar refractivity (Wildman–Crippen MR) is 99.5 cm³/mol. The van der Waals surface area contributed by atoms with Crippen LogP contribution in [0, 0.1) is 12.3 Å². The number of rotatable bonds is 8. The molecule has 0 radical (unpaired) electrons. The van der Waals surface area contributed by atoms with Crippen LogP contribution in [-0.2, 0) is 14.3 Å². The average Bonchev–Trinajstić information content (AvgIpc) is 2.61. The molecule has 27 heavy (non-hydrogen) atoms. The highest BCUT2D eigenvalue weighted by atomic mass is 16.6. The van der Waals surface area contributed by atoms with Crippen molar-refractivity contribution in [1.82, 2.24) is 5.32 Å². The maximum absolute atomic E-state index is 12.3. The molecule has 0 fully saturated rings. The second-order valence-electron chi connectivity index (χ2n) is 6.70.